The van der Waals surface area contributed by atoms with Crippen LogP contribution in [0.1, 0.15) is 15.9 Å². The fourth-order valence-corrected chi connectivity index (χ4v) is 2.93. The summed E-state index contributed by atoms with van der Waals surface area (Å²) in [6.07, 6.45) is 3.98. The van der Waals surface area contributed by atoms with Gasteiger partial charge < -0.3 is 9.88 Å². The highest BCUT2D eigenvalue weighted by atomic mass is 35.5. The second-order valence-corrected chi connectivity index (χ2v) is 6.30. The molecule has 126 valence electrons. The van der Waals surface area contributed by atoms with Gasteiger partial charge in [0.1, 0.15) is 0 Å². The van der Waals surface area contributed by atoms with Gasteiger partial charge in [-0.3, -0.25) is 10.1 Å². The Bertz CT molecular complexity index is 922. The van der Waals surface area contributed by atoms with Crippen LogP contribution in [0.15, 0.2) is 67.0 Å². The number of nitrogens with one attached hydrogen (secondary N) is 2. The molecular weight excluding hydrogens is 354 g/mol. The molecule has 0 aliphatic rings. The maximum atomic E-state index is 12.2. The standard InChI is InChI=1S/C19H16ClN3OS/c1-13-12-14(8-9-17(13)23-10-4-5-11-23)21-19(25)22-18(24)15-6-2-3-7-16(15)20/h2-12H,1H3,(H2,21,22,24,25). The van der Waals surface area contributed by atoms with Gasteiger partial charge in [-0.25, -0.2) is 0 Å². The van der Waals surface area contributed by atoms with E-state index in [1.165, 1.54) is 0 Å². The van der Waals surface area contributed by atoms with Crippen molar-refractivity contribution in [2.45, 2.75) is 6.92 Å². The van der Waals surface area contributed by atoms with Gasteiger partial charge >= 0.3 is 0 Å². The van der Waals surface area contributed by atoms with Crippen LogP contribution in [0, 0.1) is 6.92 Å². The lowest BCUT2D eigenvalue weighted by Gasteiger charge is -2.13. The Morgan fingerprint density at radius 1 is 1.08 bits per heavy atom. The second-order valence-electron chi connectivity index (χ2n) is 5.48. The van der Waals surface area contributed by atoms with Gasteiger partial charge in [0, 0.05) is 23.8 Å². The van der Waals surface area contributed by atoms with Crippen LogP contribution in [0.5, 0.6) is 0 Å². The van der Waals surface area contributed by atoms with Gasteiger partial charge in [-0.05, 0) is 67.2 Å². The molecule has 6 heteroatoms. The summed E-state index contributed by atoms with van der Waals surface area (Å²) < 4.78 is 2.04. The van der Waals surface area contributed by atoms with Crippen molar-refractivity contribution in [3.63, 3.8) is 0 Å². The fraction of sp³-hybridized carbons (Fsp3) is 0.0526. The molecule has 1 heterocycles. The number of amides is 1. The number of halogens is 1. The van der Waals surface area contributed by atoms with Gasteiger partial charge in [-0.15, -0.1) is 0 Å². The van der Waals surface area contributed by atoms with Crippen LogP contribution in [0.2, 0.25) is 5.02 Å². The number of anilines is 1. The maximum Gasteiger partial charge on any atom is 0.258 e. The van der Waals surface area contributed by atoms with Crippen LogP contribution in [0.3, 0.4) is 0 Å². The lowest BCUT2D eigenvalue weighted by Crippen LogP contribution is -2.34. The Labute approximate surface area is 156 Å². The number of nitrogens with zero attached hydrogens (tertiary/aromatic N) is 1. The predicted octanol–water partition coefficient (Wildman–Crippen LogP) is 4.57. The van der Waals surface area contributed by atoms with E-state index >= 15 is 0 Å². The molecule has 0 spiro atoms. The number of rotatable bonds is 3. The number of thiocarbonyl (C=S) groups is 1. The van der Waals surface area contributed by atoms with E-state index < -0.39 is 0 Å². The van der Waals surface area contributed by atoms with E-state index in [1.54, 1.807) is 24.3 Å². The van der Waals surface area contributed by atoms with Crippen molar-refractivity contribution in [2.75, 3.05) is 5.32 Å². The van der Waals surface area contributed by atoms with E-state index in [9.17, 15) is 4.79 Å². The molecule has 25 heavy (non-hydrogen) atoms. The zero-order chi connectivity index (χ0) is 17.8. The van der Waals surface area contributed by atoms with Crippen LogP contribution in [0.4, 0.5) is 5.69 Å². The van der Waals surface area contributed by atoms with Gasteiger partial charge in [0.2, 0.25) is 0 Å². The molecule has 0 saturated carbocycles. The molecule has 0 unspecified atom stereocenters. The molecule has 2 aromatic carbocycles. The third kappa shape index (κ3) is 4.07. The quantitative estimate of drug-likeness (QED) is 0.665. The van der Waals surface area contributed by atoms with E-state index in [4.69, 9.17) is 23.8 Å². The Hall–Kier alpha value is -2.63. The number of aryl methyl sites for hydroxylation is 1. The average Bonchev–Trinajstić information content (AvgIpc) is 3.09. The van der Waals surface area contributed by atoms with Gasteiger partial charge in [0.05, 0.1) is 10.6 Å². The molecule has 0 saturated heterocycles. The van der Waals surface area contributed by atoms with E-state index in [-0.39, 0.29) is 11.0 Å². The summed E-state index contributed by atoms with van der Waals surface area (Å²) in [7, 11) is 0. The van der Waals surface area contributed by atoms with Crippen molar-refractivity contribution in [3.8, 4) is 5.69 Å². The van der Waals surface area contributed by atoms with Gasteiger partial charge in [0.25, 0.3) is 5.91 Å². The van der Waals surface area contributed by atoms with Gasteiger partial charge in [-0.1, -0.05) is 23.7 Å². The molecule has 3 rings (SSSR count). The van der Waals surface area contributed by atoms with E-state index in [0.717, 1.165) is 16.9 Å². The Balaban J connectivity index is 1.68. The van der Waals surface area contributed by atoms with Crippen LogP contribution >= 0.6 is 23.8 Å². The summed E-state index contributed by atoms with van der Waals surface area (Å²) in [6.45, 7) is 2.02. The highest BCUT2D eigenvalue weighted by molar-refractivity contribution is 7.80. The SMILES string of the molecule is Cc1cc(NC(=S)NC(=O)c2ccccc2Cl)ccc1-n1cccc1. The maximum absolute atomic E-state index is 12.2. The minimum atomic E-state index is -0.344. The first-order valence-corrected chi connectivity index (χ1v) is 8.44. The van der Waals surface area contributed by atoms with Crippen LogP contribution in [-0.4, -0.2) is 15.6 Å². The average molecular weight is 370 g/mol. The van der Waals surface area contributed by atoms with Crippen LogP contribution < -0.4 is 10.6 Å². The van der Waals surface area contributed by atoms with E-state index in [2.05, 4.69) is 10.6 Å². The normalized spacial score (nSPS) is 10.3. The number of hydrogen-bond acceptors (Lipinski definition) is 2. The molecule has 0 fully saturated rings. The molecular formula is C19H16ClN3OS. The molecule has 3 aromatic rings. The first-order valence-electron chi connectivity index (χ1n) is 7.65. The molecule has 1 aromatic heterocycles. The minimum Gasteiger partial charge on any atom is -0.332 e. The highest BCUT2D eigenvalue weighted by Crippen LogP contribution is 2.19. The fourth-order valence-electron chi connectivity index (χ4n) is 2.50. The van der Waals surface area contributed by atoms with Gasteiger partial charge in [0.15, 0.2) is 5.11 Å². The lowest BCUT2D eigenvalue weighted by atomic mass is 10.1. The zero-order valence-electron chi connectivity index (χ0n) is 13.5. The van der Waals surface area contributed by atoms with Crippen LogP contribution in [-0.2, 0) is 0 Å². The third-order valence-corrected chi connectivity index (χ3v) is 4.22. The number of hydrogen-bond donors (Lipinski definition) is 2. The van der Waals surface area contributed by atoms with Crippen LogP contribution in [0.25, 0.3) is 5.69 Å². The summed E-state index contributed by atoms with van der Waals surface area (Å²) in [5.74, 6) is -0.344. The Kier molecular flexibility index (Phi) is 5.16. The smallest absolute Gasteiger partial charge is 0.258 e. The molecule has 0 bridgehead atoms. The number of benzene rings is 2. The lowest BCUT2D eigenvalue weighted by molar-refractivity contribution is 0.0978. The van der Waals surface area contributed by atoms with Crippen molar-refractivity contribution in [3.05, 3.63) is 83.1 Å². The van der Waals surface area contributed by atoms with E-state index in [0.29, 0.717) is 10.6 Å². The zero-order valence-corrected chi connectivity index (χ0v) is 15.1. The molecule has 0 atom stereocenters. The number of carbonyl (C=O) groups excluding carboxylic acids is 1. The number of carbonyl (C=O) groups is 1. The Morgan fingerprint density at radius 3 is 2.48 bits per heavy atom. The first-order chi connectivity index (χ1) is 12.0. The molecule has 0 aliphatic heterocycles. The molecule has 1 amide bonds. The summed E-state index contributed by atoms with van der Waals surface area (Å²) in [6, 6.07) is 16.7. The van der Waals surface area contributed by atoms with Crippen molar-refractivity contribution in [1.82, 2.24) is 9.88 Å². The summed E-state index contributed by atoms with van der Waals surface area (Å²) >= 11 is 11.2. The van der Waals surface area contributed by atoms with E-state index in [1.807, 2.05) is 54.2 Å². The first kappa shape index (κ1) is 17.2. The topological polar surface area (TPSA) is 46.1 Å². The monoisotopic (exact) mass is 369 g/mol. The molecule has 2 N–H and O–H groups in total. The second kappa shape index (κ2) is 7.51. The minimum absolute atomic E-state index is 0.220. The molecule has 0 radical (unpaired) electrons. The Morgan fingerprint density at radius 2 is 1.80 bits per heavy atom. The van der Waals surface area contributed by atoms with Crippen molar-refractivity contribution >= 4 is 40.5 Å². The summed E-state index contributed by atoms with van der Waals surface area (Å²) in [5, 5.41) is 6.27. The third-order valence-electron chi connectivity index (χ3n) is 3.68. The van der Waals surface area contributed by atoms with Gasteiger partial charge in [-0.2, -0.15) is 0 Å². The molecule has 0 aliphatic carbocycles. The highest BCUT2D eigenvalue weighted by Gasteiger charge is 2.11. The largest absolute Gasteiger partial charge is 0.332 e. The van der Waals surface area contributed by atoms with Crippen molar-refractivity contribution < 1.29 is 4.79 Å². The predicted molar refractivity (Wildman–Crippen MR) is 106 cm³/mol. The summed E-state index contributed by atoms with van der Waals surface area (Å²) in [4.78, 5) is 12.2. The molecule has 4 nitrogen and oxygen atoms in total. The summed E-state index contributed by atoms with van der Waals surface area (Å²) in [5.41, 5.74) is 3.35. The number of aromatic nitrogens is 1. The van der Waals surface area contributed by atoms with Crippen molar-refractivity contribution in [1.29, 1.82) is 0 Å². The van der Waals surface area contributed by atoms with Crippen molar-refractivity contribution in [2.24, 2.45) is 0 Å².